The highest BCUT2D eigenvalue weighted by Crippen LogP contribution is 2.29. The molecular formula is C25H27N5O3. The van der Waals surface area contributed by atoms with Gasteiger partial charge in [-0.05, 0) is 43.9 Å². The second kappa shape index (κ2) is 8.12. The van der Waals surface area contributed by atoms with Crippen LogP contribution in [0.5, 0.6) is 0 Å². The normalized spacial score (nSPS) is 17.1. The Hall–Kier alpha value is -3.52. The molecule has 2 aliphatic rings. The summed E-state index contributed by atoms with van der Waals surface area (Å²) in [7, 11) is 1.78. The number of hydrogen-bond donors (Lipinski definition) is 1. The Morgan fingerprint density at radius 1 is 1.12 bits per heavy atom. The molecule has 1 N–H and O–H groups in total. The van der Waals surface area contributed by atoms with Gasteiger partial charge in [0.05, 0.1) is 17.9 Å². The van der Waals surface area contributed by atoms with Crippen LogP contribution in [-0.2, 0) is 17.7 Å². The summed E-state index contributed by atoms with van der Waals surface area (Å²) < 4.78 is 6.97. The van der Waals surface area contributed by atoms with Crippen molar-refractivity contribution in [3.63, 3.8) is 0 Å². The smallest absolute Gasteiger partial charge is 0.218 e. The number of piperidine rings is 1. The third kappa shape index (κ3) is 3.70. The quantitative estimate of drug-likeness (QED) is 0.376. The summed E-state index contributed by atoms with van der Waals surface area (Å²) in [6.07, 6.45) is 2.56. The van der Waals surface area contributed by atoms with Gasteiger partial charge in [0.25, 0.3) is 0 Å². The zero-order valence-electron chi connectivity index (χ0n) is 18.9. The number of nitrogens with one attached hydrogen (secondary N) is 1. The largest absolute Gasteiger partial charge is 0.571 e. The van der Waals surface area contributed by atoms with E-state index in [4.69, 9.17) is 10.1 Å². The summed E-state index contributed by atoms with van der Waals surface area (Å²) in [5, 5.41) is 24.9. The fraction of sp³-hybridized carbons (Fsp3) is 0.360. The number of benzene rings is 2. The van der Waals surface area contributed by atoms with Crippen molar-refractivity contribution in [3.05, 3.63) is 81.8 Å². The fourth-order valence-electron chi connectivity index (χ4n) is 4.69. The number of aryl methyl sites for hydroxylation is 1. The van der Waals surface area contributed by atoms with Crippen molar-refractivity contribution in [2.24, 2.45) is 0 Å². The van der Waals surface area contributed by atoms with Gasteiger partial charge in [-0.3, -0.25) is 10.2 Å². The van der Waals surface area contributed by atoms with Gasteiger partial charge in [0.15, 0.2) is 11.4 Å². The average molecular weight is 446 g/mol. The van der Waals surface area contributed by atoms with E-state index in [0.717, 1.165) is 31.5 Å². The summed E-state index contributed by atoms with van der Waals surface area (Å²) in [6, 6.07) is 15.3. The van der Waals surface area contributed by atoms with Gasteiger partial charge >= 0.3 is 0 Å². The molecule has 1 saturated heterocycles. The second-order valence-corrected chi connectivity index (χ2v) is 8.98. The molecule has 1 aliphatic carbocycles. The van der Waals surface area contributed by atoms with Gasteiger partial charge in [0, 0.05) is 47.1 Å². The number of anilines is 1. The predicted octanol–water partition coefficient (Wildman–Crippen LogP) is 2.73. The molecular weight excluding hydrogens is 418 g/mol. The first-order valence-electron chi connectivity index (χ1n) is 11.2. The van der Waals surface area contributed by atoms with Crippen molar-refractivity contribution in [1.29, 1.82) is 5.41 Å². The van der Waals surface area contributed by atoms with Crippen molar-refractivity contribution in [3.8, 4) is 0 Å². The van der Waals surface area contributed by atoms with Crippen molar-refractivity contribution in [2.45, 2.75) is 38.3 Å². The van der Waals surface area contributed by atoms with Gasteiger partial charge in [-0.25, -0.2) is 0 Å². The van der Waals surface area contributed by atoms with Crippen molar-refractivity contribution in [1.82, 2.24) is 9.78 Å². The third-order valence-electron chi connectivity index (χ3n) is 7.00. The van der Waals surface area contributed by atoms with Crippen LogP contribution in [0.2, 0.25) is 0 Å². The molecule has 2 aromatic carbocycles. The lowest BCUT2D eigenvalue weighted by atomic mass is 9.89. The van der Waals surface area contributed by atoms with Crippen molar-refractivity contribution in [2.75, 3.05) is 25.1 Å². The third-order valence-corrected chi connectivity index (χ3v) is 7.00. The maximum absolute atomic E-state index is 13.1. The van der Waals surface area contributed by atoms with Crippen LogP contribution < -0.4 is 9.86 Å². The lowest BCUT2D eigenvalue weighted by Gasteiger charge is -2.39. The van der Waals surface area contributed by atoms with Crippen LogP contribution in [0.1, 0.15) is 52.6 Å². The standard InChI is InChI=1S/C25H27N5O3/c1-25(33-2)12-15-28(16-13-25)18-9-7-17(8-10-18)11-14-29-23-22(27-30(29)32)21(26)19-5-3-4-6-20(19)24(23)31/h3-10,26H,11-16H2,1-2H3. The van der Waals surface area contributed by atoms with Gasteiger partial charge in [-0.1, -0.05) is 36.4 Å². The first-order chi connectivity index (χ1) is 15.9. The number of carbonyl (C=O) groups is 1. The summed E-state index contributed by atoms with van der Waals surface area (Å²) in [4.78, 5) is 15.9. The molecule has 3 aromatic rings. The van der Waals surface area contributed by atoms with Crippen LogP contribution in [0.15, 0.2) is 48.5 Å². The number of methoxy groups -OCH3 is 1. The van der Waals surface area contributed by atoms with Gasteiger partial charge in [0.2, 0.25) is 5.78 Å². The minimum atomic E-state index is -0.262. The van der Waals surface area contributed by atoms with E-state index in [9.17, 15) is 10.0 Å². The molecule has 2 heterocycles. The molecule has 1 aliphatic heterocycles. The second-order valence-electron chi connectivity index (χ2n) is 8.98. The van der Waals surface area contributed by atoms with Crippen LogP contribution in [-0.4, -0.2) is 47.1 Å². The fourth-order valence-corrected chi connectivity index (χ4v) is 4.69. The Labute approximate surface area is 192 Å². The van der Waals surface area contributed by atoms with E-state index >= 15 is 0 Å². The summed E-state index contributed by atoms with van der Waals surface area (Å²) in [5.74, 6) is -0.262. The summed E-state index contributed by atoms with van der Waals surface area (Å²) in [5.41, 5.74) is 3.61. The Bertz CT molecular complexity index is 1220. The number of aromatic nitrogens is 3. The molecule has 0 radical (unpaired) electrons. The summed E-state index contributed by atoms with van der Waals surface area (Å²) >= 11 is 0. The average Bonchev–Trinajstić information content (AvgIpc) is 3.18. The van der Waals surface area contributed by atoms with Crippen LogP contribution in [0, 0.1) is 10.6 Å². The molecule has 0 atom stereocenters. The number of hydrogen-bond acceptors (Lipinski definition) is 6. The van der Waals surface area contributed by atoms with Crippen LogP contribution in [0.3, 0.4) is 0 Å². The molecule has 8 nitrogen and oxygen atoms in total. The Kier molecular flexibility index (Phi) is 5.25. The molecule has 8 heteroatoms. The van der Waals surface area contributed by atoms with Gasteiger partial charge in [-0.15, -0.1) is 4.68 Å². The Morgan fingerprint density at radius 3 is 2.45 bits per heavy atom. The minimum Gasteiger partial charge on any atom is -0.571 e. The Balaban J connectivity index is 1.31. The number of nitrogens with zero attached hydrogens (tertiary/aromatic N) is 4. The molecule has 170 valence electrons. The van der Waals surface area contributed by atoms with Gasteiger partial charge in [0.1, 0.15) is 0 Å². The van der Waals surface area contributed by atoms with Crippen LogP contribution in [0.25, 0.3) is 0 Å². The zero-order valence-corrected chi connectivity index (χ0v) is 18.9. The van der Waals surface area contributed by atoms with E-state index in [2.05, 4.69) is 41.2 Å². The lowest BCUT2D eigenvalue weighted by Crippen LogP contribution is -2.43. The highest BCUT2D eigenvalue weighted by atomic mass is 16.5. The molecule has 33 heavy (non-hydrogen) atoms. The monoisotopic (exact) mass is 445 g/mol. The number of carbonyl (C=O) groups excluding carboxylic acids is 1. The number of ketones is 1. The number of fused-ring (bicyclic) bond motifs is 2. The topological polar surface area (TPSA) is 98.2 Å². The maximum atomic E-state index is 13.1. The van der Waals surface area contributed by atoms with Gasteiger partial charge in [-0.2, -0.15) is 0 Å². The molecule has 0 bridgehead atoms. The molecule has 0 saturated carbocycles. The molecule has 0 unspecified atom stereocenters. The van der Waals surface area contributed by atoms with Crippen molar-refractivity contribution >= 4 is 17.2 Å². The first-order valence-corrected chi connectivity index (χ1v) is 11.2. The number of ether oxygens (including phenoxy) is 1. The van der Waals surface area contributed by atoms with E-state index in [0.29, 0.717) is 29.1 Å². The van der Waals surface area contributed by atoms with Crippen LogP contribution in [0.4, 0.5) is 5.69 Å². The molecule has 0 spiro atoms. The number of rotatable bonds is 5. The van der Waals surface area contributed by atoms with Gasteiger partial charge < -0.3 is 14.8 Å². The molecule has 5 rings (SSSR count). The SMILES string of the molecule is COC1(C)CCN(c2ccc(CCn3c4c(n[n+]3[O-])C(=N)c3ccccc3C4=O)cc2)CC1. The zero-order chi connectivity index (χ0) is 23.2. The van der Waals surface area contributed by atoms with Crippen LogP contribution >= 0.6 is 0 Å². The van der Waals surface area contributed by atoms with E-state index < -0.39 is 0 Å². The highest BCUT2D eigenvalue weighted by molar-refractivity contribution is 6.27. The van der Waals surface area contributed by atoms with E-state index in [1.165, 1.54) is 10.4 Å². The highest BCUT2D eigenvalue weighted by Gasteiger charge is 2.37. The van der Waals surface area contributed by atoms with E-state index in [1.54, 1.807) is 31.4 Å². The summed E-state index contributed by atoms with van der Waals surface area (Å²) in [6.45, 7) is 4.38. The molecule has 1 fully saturated rings. The molecule has 0 amide bonds. The van der Waals surface area contributed by atoms with E-state index in [1.807, 2.05) is 0 Å². The first kappa shape index (κ1) is 21.3. The van der Waals surface area contributed by atoms with E-state index in [-0.39, 0.29) is 28.5 Å². The van der Waals surface area contributed by atoms with Crippen molar-refractivity contribution < 1.29 is 14.5 Å². The predicted molar refractivity (Wildman–Crippen MR) is 124 cm³/mol. The maximum Gasteiger partial charge on any atom is 0.218 e. The lowest BCUT2D eigenvalue weighted by molar-refractivity contribution is -0.749. The minimum absolute atomic E-state index is 0.0393. The Morgan fingerprint density at radius 2 is 1.79 bits per heavy atom. The molecule has 1 aromatic heterocycles.